The topological polar surface area (TPSA) is 80.3 Å². The minimum absolute atomic E-state index is 0.0180. The van der Waals surface area contributed by atoms with Crippen LogP contribution in [0.1, 0.15) is 42.7 Å². The minimum atomic E-state index is -0.808. The average Bonchev–Trinajstić information content (AvgIpc) is 3.04. The van der Waals surface area contributed by atoms with Gasteiger partial charge in [-0.25, -0.2) is 0 Å². The van der Waals surface area contributed by atoms with Crippen molar-refractivity contribution in [3.05, 3.63) is 114 Å². The van der Waals surface area contributed by atoms with Crippen LogP contribution in [0.4, 0.5) is 0 Å². The van der Waals surface area contributed by atoms with Gasteiger partial charge in [-0.15, -0.1) is 0 Å². The van der Waals surface area contributed by atoms with E-state index in [1.165, 1.54) is 18.7 Å². The molecule has 2 aliphatic rings. The number of ketones is 1. The summed E-state index contributed by atoms with van der Waals surface area (Å²) in [7, 11) is 0. The molecule has 0 N–H and O–H groups in total. The Kier molecular flexibility index (Phi) is 9.74. The fraction of sp³-hybridized carbons (Fsp3) is 0.333. The summed E-state index contributed by atoms with van der Waals surface area (Å²) in [6, 6.07) is 32.2. The number of Topliss-reactive ketones (excluding diaryl/α,β-unsaturated/α-hetero) is 1. The summed E-state index contributed by atoms with van der Waals surface area (Å²) < 4.78 is 32.1. The van der Waals surface area contributed by atoms with E-state index in [9.17, 15) is 9.59 Å². The van der Waals surface area contributed by atoms with Gasteiger partial charge in [-0.3, -0.25) is 4.79 Å². The van der Waals surface area contributed by atoms with E-state index in [1.807, 2.05) is 79.7 Å². The number of hydrogen-bond acceptors (Lipinski definition) is 8. The Bertz CT molecular complexity index is 1570. The molecule has 0 spiro atoms. The Hall–Kier alpha value is -3.53. The Morgan fingerprint density at radius 3 is 2.36 bits per heavy atom. The van der Waals surface area contributed by atoms with E-state index in [4.69, 9.17) is 23.7 Å². The third-order valence-electron chi connectivity index (χ3n) is 7.83. The standard InChI is InChI=1S/C36H36O7S/c1-23-12-17-29(18-13-23)44-36-34(42-31(38)19-14-24(2)37)33(39-21-25-15-16-26-8-6-7-11-28(26)20-25)32-30(41-36)22-40-35(43-32)27-9-4-3-5-10-27/h3-13,15-18,20,30,32-36H,14,19,21-22H2,1-2H3/t30-,32-,33+,34-,35-,36+/m1/s1. The largest absolute Gasteiger partial charge is 0.456 e. The van der Waals surface area contributed by atoms with Crippen LogP contribution >= 0.6 is 11.8 Å². The predicted molar refractivity (Wildman–Crippen MR) is 168 cm³/mol. The predicted octanol–water partition coefficient (Wildman–Crippen LogP) is 6.95. The van der Waals surface area contributed by atoms with Crippen molar-refractivity contribution in [2.75, 3.05) is 6.61 Å². The van der Waals surface area contributed by atoms with Crippen LogP contribution in [-0.2, 0) is 39.9 Å². The van der Waals surface area contributed by atoms with E-state index < -0.39 is 42.1 Å². The molecule has 2 aliphatic heterocycles. The van der Waals surface area contributed by atoms with Gasteiger partial charge in [-0.05, 0) is 48.4 Å². The van der Waals surface area contributed by atoms with Crippen molar-refractivity contribution in [1.82, 2.24) is 0 Å². The molecule has 2 saturated heterocycles. The number of benzene rings is 4. The third kappa shape index (κ3) is 7.39. The average molecular weight is 613 g/mol. The van der Waals surface area contributed by atoms with E-state index in [0.717, 1.165) is 32.4 Å². The number of thioether (sulfide) groups is 1. The van der Waals surface area contributed by atoms with Gasteiger partial charge in [-0.2, -0.15) is 0 Å². The smallest absolute Gasteiger partial charge is 0.306 e. The molecule has 0 aromatic heterocycles. The van der Waals surface area contributed by atoms with Crippen molar-refractivity contribution in [2.24, 2.45) is 0 Å². The zero-order valence-corrected chi connectivity index (χ0v) is 25.6. The molecule has 0 unspecified atom stereocenters. The summed E-state index contributed by atoms with van der Waals surface area (Å²) in [6.45, 7) is 4.07. The third-order valence-corrected chi connectivity index (χ3v) is 8.99. The quantitative estimate of drug-likeness (QED) is 0.178. The molecule has 7 nitrogen and oxygen atoms in total. The van der Waals surface area contributed by atoms with Gasteiger partial charge in [0, 0.05) is 16.9 Å². The lowest BCUT2D eigenvalue weighted by molar-refractivity contribution is -0.326. The highest BCUT2D eigenvalue weighted by Crippen LogP contribution is 2.41. The lowest BCUT2D eigenvalue weighted by atomic mass is 9.98. The first-order valence-corrected chi connectivity index (χ1v) is 15.8. The summed E-state index contributed by atoms with van der Waals surface area (Å²) in [5.74, 6) is -0.553. The first-order valence-electron chi connectivity index (χ1n) is 14.9. The Morgan fingerprint density at radius 1 is 0.841 bits per heavy atom. The van der Waals surface area contributed by atoms with Gasteiger partial charge in [0.2, 0.25) is 0 Å². The van der Waals surface area contributed by atoms with Gasteiger partial charge in [0.25, 0.3) is 0 Å². The first kappa shape index (κ1) is 30.5. The zero-order chi connectivity index (χ0) is 30.5. The number of carbonyl (C=O) groups is 2. The molecule has 0 amide bonds. The molecule has 0 bridgehead atoms. The number of rotatable bonds is 10. The summed E-state index contributed by atoms with van der Waals surface area (Å²) in [6.07, 6.45) is -3.03. The summed E-state index contributed by atoms with van der Waals surface area (Å²) in [4.78, 5) is 25.7. The number of aryl methyl sites for hydroxylation is 1. The van der Waals surface area contributed by atoms with Crippen molar-refractivity contribution in [3.63, 3.8) is 0 Å². The number of hydrogen-bond donors (Lipinski definition) is 0. The molecule has 228 valence electrons. The van der Waals surface area contributed by atoms with Crippen molar-refractivity contribution in [2.45, 2.75) is 74.3 Å². The number of ether oxygens (including phenoxy) is 5. The van der Waals surface area contributed by atoms with Gasteiger partial charge in [0.1, 0.15) is 29.5 Å². The molecule has 4 aromatic rings. The molecule has 0 aliphatic carbocycles. The molecule has 0 saturated carbocycles. The van der Waals surface area contributed by atoms with Crippen LogP contribution in [0.25, 0.3) is 10.8 Å². The van der Waals surface area contributed by atoms with Crippen LogP contribution in [0.5, 0.6) is 0 Å². The van der Waals surface area contributed by atoms with E-state index in [2.05, 4.69) is 24.3 Å². The molecule has 0 radical (unpaired) electrons. The molecule has 2 fully saturated rings. The summed E-state index contributed by atoms with van der Waals surface area (Å²) in [5.41, 5.74) is 2.42. The van der Waals surface area contributed by atoms with E-state index in [-0.39, 0.29) is 31.8 Å². The zero-order valence-electron chi connectivity index (χ0n) is 24.8. The molecule has 2 heterocycles. The monoisotopic (exact) mass is 612 g/mol. The summed E-state index contributed by atoms with van der Waals surface area (Å²) in [5, 5.41) is 2.26. The molecule has 44 heavy (non-hydrogen) atoms. The van der Waals surface area contributed by atoms with E-state index in [0.29, 0.717) is 0 Å². The highest BCUT2D eigenvalue weighted by molar-refractivity contribution is 7.99. The first-order chi connectivity index (χ1) is 21.4. The molecular formula is C36H36O7S. The molecular weight excluding hydrogens is 576 g/mol. The van der Waals surface area contributed by atoms with Crippen LogP contribution in [0.2, 0.25) is 0 Å². The Morgan fingerprint density at radius 2 is 1.59 bits per heavy atom. The molecule has 8 heteroatoms. The van der Waals surface area contributed by atoms with Gasteiger partial charge >= 0.3 is 5.97 Å². The number of carbonyl (C=O) groups excluding carboxylic acids is 2. The molecule has 4 aromatic carbocycles. The van der Waals surface area contributed by atoms with Gasteiger partial charge < -0.3 is 28.5 Å². The van der Waals surface area contributed by atoms with Crippen molar-refractivity contribution in [3.8, 4) is 0 Å². The van der Waals surface area contributed by atoms with Crippen LogP contribution in [0.15, 0.2) is 102 Å². The number of fused-ring (bicyclic) bond motifs is 2. The van der Waals surface area contributed by atoms with Gasteiger partial charge in [0.15, 0.2) is 12.4 Å². The second-order valence-corrected chi connectivity index (χ2v) is 12.4. The SMILES string of the molecule is CC(=O)CCC(=O)O[C@@H]1[C@@H](OCc2ccc3ccccc3c2)[C@@H]2O[C@H](c3ccccc3)OC[C@H]2O[C@H]1Sc1ccc(C)cc1. The lowest BCUT2D eigenvalue weighted by Crippen LogP contribution is -2.62. The maximum atomic E-state index is 13.1. The van der Waals surface area contributed by atoms with Crippen molar-refractivity contribution < 1.29 is 33.3 Å². The Balaban J connectivity index is 1.31. The fourth-order valence-electron chi connectivity index (χ4n) is 5.50. The van der Waals surface area contributed by atoms with Crippen LogP contribution in [0.3, 0.4) is 0 Å². The highest BCUT2D eigenvalue weighted by Gasteiger charge is 2.52. The second-order valence-electron chi connectivity index (χ2n) is 11.3. The van der Waals surface area contributed by atoms with Crippen LogP contribution in [-0.4, -0.2) is 48.2 Å². The molecule has 6 atom stereocenters. The highest BCUT2D eigenvalue weighted by atomic mass is 32.2. The summed E-state index contributed by atoms with van der Waals surface area (Å²) >= 11 is 1.47. The fourth-order valence-corrected chi connectivity index (χ4v) is 6.60. The Labute approximate surface area is 261 Å². The maximum Gasteiger partial charge on any atom is 0.306 e. The minimum Gasteiger partial charge on any atom is -0.456 e. The van der Waals surface area contributed by atoms with E-state index >= 15 is 0 Å². The van der Waals surface area contributed by atoms with Crippen molar-refractivity contribution in [1.29, 1.82) is 0 Å². The lowest BCUT2D eigenvalue weighted by Gasteiger charge is -2.48. The second kappa shape index (κ2) is 14.1. The van der Waals surface area contributed by atoms with Crippen LogP contribution in [0, 0.1) is 6.92 Å². The van der Waals surface area contributed by atoms with Crippen LogP contribution < -0.4 is 0 Å². The normalized spacial score (nSPS) is 24.9. The molecule has 6 rings (SSSR count). The van der Waals surface area contributed by atoms with Crippen molar-refractivity contribution >= 4 is 34.3 Å². The van der Waals surface area contributed by atoms with Gasteiger partial charge in [0.05, 0.1) is 19.6 Å². The maximum absolute atomic E-state index is 13.1. The van der Waals surface area contributed by atoms with Gasteiger partial charge in [-0.1, -0.05) is 96.2 Å². The van der Waals surface area contributed by atoms with E-state index in [1.54, 1.807) is 0 Å². The number of esters is 1.